The zero-order chi connectivity index (χ0) is 20.1. The number of hydrogen-bond donors (Lipinski definition) is 1. The van der Waals surface area contributed by atoms with E-state index in [-0.39, 0.29) is 23.8 Å². The summed E-state index contributed by atoms with van der Waals surface area (Å²) in [6.07, 6.45) is 0. The molecule has 8 nitrogen and oxygen atoms in total. The van der Waals surface area contributed by atoms with Crippen molar-refractivity contribution in [1.29, 1.82) is 0 Å². The van der Waals surface area contributed by atoms with Crippen molar-refractivity contribution in [3.05, 3.63) is 70.0 Å². The first kappa shape index (κ1) is 17.7. The van der Waals surface area contributed by atoms with Crippen molar-refractivity contribution in [2.24, 2.45) is 0 Å². The second-order valence-corrected chi connectivity index (χ2v) is 7.25. The Kier molecular flexibility index (Phi) is 3.92. The summed E-state index contributed by atoms with van der Waals surface area (Å²) >= 11 is 0. The molecule has 1 aliphatic rings. The van der Waals surface area contributed by atoms with E-state index in [0.717, 1.165) is 5.56 Å². The van der Waals surface area contributed by atoms with Gasteiger partial charge >= 0.3 is 0 Å². The monoisotopic (exact) mass is 378 g/mol. The molecule has 3 aromatic rings. The number of aromatic nitrogens is 1. The van der Waals surface area contributed by atoms with Gasteiger partial charge in [-0.05, 0) is 25.5 Å². The van der Waals surface area contributed by atoms with E-state index in [0.29, 0.717) is 22.7 Å². The zero-order valence-electron chi connectivity index (χ0n) is 15.4. The van der Waals surface area contributed by atoms with E-state index in [2.05, 4.69) is 5.16 Å². The molecule has 28 heavy (non-hydrogen) atoms. The molecule has 0 aliphatic carbocycles. The molecule has 0 radical (unpaired) electrons. The predicted octanol–water partition coefficient (Wildman–Crippen LogP) is 3.66. The standard InChI is InChI=1S/C20H18N4O4/c1-20(2)14-9-15(21)18(24(26)27)10-17(14)23(19(20)25)11-13-8-16(22-28-13)12-6-4-3-5-7-12/h3-10H,11,21H2,1-2H3. The van der Waals surface area contributed by atoms with Gasteiger partial charge in [-0.3, -0.25) is 14.9 Å². The molecule has 1 aromatic heterocycles. The lowest BCUT2D eigenvalue weighted by Crippen LogP contribution is -2.35. The van der Waals surface area contributed by atoms with Crippen LogP contribution in [0.15, 0.2) is 53.1 Å². The molecule has 2 heterocycles. The summed E-state index contributed by atoms with van der Waals surface area (Å²) in [7, 11) is 0. The van der Waals surface area contributed by atoms with Crippen LogP contribution in [0.25, 0.3) is 11.3 Å². The number of fused-ring (bicyclic) bond motifs is 1. The third kappa shape index (κ3) is 2.70. The van der Waals surface area contributed by atoms with Gasteiger partial charge in [0.1, 0.15) is 11.4 Å². The van der Waals surface area contributed by atoms with Gasteiger partial charge in [0.15, 0.2) is 5.76 Å². The number of carbonyl (C=O) groups is 1. The molecule has 0 atom stereocenters. The minimum Gasteiger partial charge on any atom is -0.393 e. The molecule has 2 aromatic carbocycles. The molecule has 4 rings (SSSR count). The van der Waals surface area contributed by atoms with Crippen LogP contribution in [0.1, 0.15) is 25.2 Å². The normalized spacial score (nSPS) is 14.9. The molecule has 1 aliphatic heterocycles. The van der Waals surface area contributed by atoms with Gasteiger partial charge in [-0.2, -0.15) is 0 Å². The first-order valence-corrected chi connectivity index (χ1v) is 8.70. The molecule has 2 N–H and O–H groups in total. The number of anilines is 2. The molecule has 1 amide bonds. The minimum atomic E-state index is -0.846. The van der Waals surface area contributed by atoms with E-state index < -0.39 is 10.3 Å². The van der Waals surface area contributed by atoms with Gasteiger partial charge in [0.25, 0.3) is 5.69 Å². The molecule has 0 unspecified atom stereocenters. The summed E-state index contributed by atoms with van der Waals surface area (Å²) in [6.45, 7) is 3.67. The number of nitrogen functional groups attached to an aromatic ring is 1. The topological polar surface area (TPSA) is 116 Å². The van der Waals surface area contributed by atoms with Crippen LogP contribution in [-0.2, 0) is 16.8 Å². The number of nitro groups is 1. The first-order chi connectivity index (χ1) is 13.3. The fourth-order valence-corrected chi connectivity index (χ4v) is 3.48. The van der Waals surface area contributed by atoms with Crippen LogP contribution >= 0.6 is 0 Å². The van der Waals surface area contributed by atoms with Gasteiger partial charge in [-0.15, -0.1) is 0 Å². The van der Waals surface area contributed by atoms with Crippen molar-refractivity contribution in [3.8, 4) is 11.3 Å². The van der Waals surface area contributed by atoms with E-state index >= 15 is 0 Å². The van der Waals surface area contributed by atoms with E-state index in [4.69, 9.17) is 10.3 Å². The molecule has 0 saturated carbocycles. The summed E-state index contributed by atoms with van der Waals surface area (Å²) in [5.41, 5.74) is 7.47. The number of amides is 1. The van der Waals surface area contributed by atoms with Crippen LogP contribution in [0.2, 0.25) is 0 Å². The lowest BCUT2D eigenvalue weighted by atomic mass is 9.86. The van der Waals surface area contributed by atoms with Crippen molar-refractivity contribution >= 4 is 23.0 Å². The van der Waals surface area contributed by atoms with Crippen LogP contribution in [0.4, 0.5) is 17.1 Å². The maximum absolute atomic E-state index is 13.0. The molecule has 0 saturated heterocycles. The maximum Gasteiger partial charge on any atom is 0.294 e. The highest BCUT2D eigenvalue weighted by atomic mass is 16.6. The van der Waals surface area contributed by atoms with Crippen LogP contribution in [-0.4, -0.2) is 16.0 Å². The number of rotatable bonds is 4. The second-order valence-electron chi connectivity index (χ2n) is 7.25. The maximum atomic E-state index is 13.0. The molecule has 0 bridgehead atoms. The Labute approximate surface area is 160 Å². The molecular formula is C20H18N4O4. The molecule has 142 valence electrons. The number of benzene rings is 2. The van der Waals surface area contributed by atoms with E-state index in [1.54, 1.807) is 19.9 Å². The summed E-state index contributed by atoms with van der Waals surface area (Å²) in [6, 6.07) is 14.2. The lowest BCUT2D eigenvalue weighted by molar-refractivity contribution is -0.383. The van der Waals surface area contributed by atoms with Crippen LogP contribution in [0, 0.1) is 10.1 Å². The fraction of sp³-hybridized carbons (Fsp3) is 0.200. The number of nitrogens with zero attached hydrogens (tertiary/aromatic N) is 3. The molecule has 0 spiro atoms. The number of carbonyl (C=O) groups excluding carboxylic acids is 1. The minimum absolute atomic E-state index is 0.0394. The van der Waals surface area contributed by atoms with Crippen LogP contribution in [0.3, 0.4) is 0 Å². The molecular weight excluding hydrogens is 360 g/mol. The average Bonchev–Trinajstić information content (AvgIpc) is 3.20. The molecule has 8 heteroatoms. The summed E-state index contributed by atoms with van der Waals surface area (Å²) in [4.78, 5) is 25.2. The highest BCUT2D eigenvalue weighted by Crippen LogP contribution is 2.45. The van der Waals surface area contributed by atoms with Crippen LogP contribution < -0.4 is 10.6 Å². The van der Waals surface area contributed by atoms with Gasteiger partial charge in [-0.1, -0.05) is 35.5 Å². The number of nitrogens with two attached hydrogens (primary N) is 1. The lowest BCUT2D eigenvalue weighted by Gasteiger charge is -2.19. The Bertz CT molecular complexity index is 1090. The summed E-state index contributed by atoms with van der Waals surface area (Å²) < 4.78 is 5.41. The van der Waals surface area contributed by atoms with Crippen molar-refractivity contribution in [2.45, 2.75) is 25.8 Å². The fourth-order valence-electron chi connectivity index (χ4n) is 3.48. The Hall–Kier alpha value is -3.68. The third-order valence-electron chi connectivity index (χ3n) is 5.03. The Morgan fingerprint density at radius 1 is 1.21 bits per heavy atom. The molecule has 0 fully saturated rings. The van der Waals surface area contributed by atoms with Gasteiger partial charge in [0.05, 0.1) is 22.6 Å². The highest BCUT2D eigenvalue weighted by Gasteiger charge is 2.45. The van der Waals surface area contributed by atoms with Crippen LogP contribution in [0.5, 0.6) is 0 Å². The van der Waals surface area contributed by atoms with Crippen molar-refractivity contribution in [2.75, 3.05) is 10.6 Å². The summed E-state index contributed by atoms with van der Waals surface area (Å²) in [5, 5.41) is 15.3. The van der Waals surface area contributed by atoms with E-state index in [1.165, 1.54) is 17.0 Å². The van der Waals surface area contributed by atoms with E-state index in [9.17, 15) is 14.9 Å². The Morgan fingerprint density at radius 2 is 1.93 bits per heavy atom. The quantitative estimate of drug-likeness (QED) is 0.421. The second kappa shape index (κ2) is 6.19. The number of hydrogen-bond acceptors (Lipinski definition) is 6. The Balaban J connectivity index is 1.72. The van der Waals surface area contributed by atoms with Crippen molar-refractivity contribution in [1.82, 2.24) is 5.16 Å². The van der Waals surface area contributed by atoms with E-state index in [1.807, 2.05) is 30.3 Å². The largest absolute Gasteiger partial charge is 0.393 e. The average molecular weight is 378 g/mol. The zero-order valence-corrected chi connectivity index (χ0v) is 15.4. The highest BCUT2D eigenvalue weighted by molar-refractivity contribution is 6.08. The SMILES string of the molecule is CC1(C)C(=O)N(Cc2cc(-c3ccccc3)no2)c2cc([N+](=O)[O-])c(N)cc21. The summed E-state index contributed by atoms with van der Waals surface area (Å²) in [5.74, 6) is 0.301. The van der Waals surface area contributed by atoms with Crippen molar-refractivity contribution in [3.63, 3.8) is 0 Å². The predicted molar refractivity (Wildman–Crippen MR) is 104 cm³/mol. The Morgan fingerprint density at radius 3 is 2.61 bits per heavy atom. The third-order valence-corrected chi connectivity index (χ3v) is 5.03. The van der Waals surface area contributed by atoms with Gasteiger partial charge < -0.3 is 15.2 Å². The smallest absolute Gasteiger partial charge is 0.294 e. The first-order valence-electron chi connectivity index (χ1n) is 8.70. The number of nitro benzene ring substituents is 1. The van der Waals surface area contributed by atoms with Gasteiger partial charge in [0.2, 0.25) is 5.91 Å². The van der Waals surface area contributed by atoms with Gasteiger partial charge in [-0.25, -0.2) is 0 Å². The van der Waals surface area contributed by atoms with Gasteiger partial charge in [0, 0.05) is 17.7 Å². The van der Waals surface area contributed by atoms with Crippen molar-refractivity contribution < 1.29 is 14.2 Å².